The second kappa shape index (κ2) is 5.89. The lowest BCUT2D eigenvalue weighted by atomic mass is 10.2. The Morgan fingerprint density at radius 1 is 1.24 bits per heavy atom. The van der Waals surface area contributed by atoms with Gasteiger partial charge in [0.25, 0.3) is 0 Å². The molecule has 0 saturated carbocycles. The molecule has 0 radical (unpaired) electrons. The molecular weight excluding hydrogens is 222 g/mol. The Hall–Kier alpha value is -2.04. The number of rotatable bonds is 4. The van der Waals surface area contributed by atoms with E-state index in [0.717, 1.165) is 0 Å². The van der Waals surface area contributed by atoms with E-state index in [4.69, 9.17) is 9.84 Å². The minimum atomic E-state index is -1.12. The maximum Gasteiger partial charge on any atom is 0.415 e. The monoisotopic (exact) mass is 237 g/mol. The van der Waals surface area contributed by atoms with E-state index >= 15 is 0 Å². The molecule has 0 bridgehead atoms. The topological polar surface area (TPSA) is 66.8 Å². The van der Waals surface area contributed by atoms with Gasteiger partial charge in [-0.2, -0.15) is 0 Å². The van der Waals surface area contributed by atoms with E-state index in [-0.39, 0.29) is 11.3 Å². The number of aromatic carboxylic acids is 1. The van der Waals surface area contributed by atoms with Gasteiger partial charge in [0.05, 0.1) is 0 Å². The predicted octanol–water partition coefficient (Wildman–Crippen LogP) is 2.23. The normalized spacial score (nSPS) is 9.76. The number of carbonyl (C=O) groups is 2. The van der Waals surface area contributed by atoms with Gasteiger partial charge in [0.15, 0.2) is 0 Å². The number of para-hydroxylation sites is 1. The summed E-state index contributed by atoms with van der Waals surface area (Å²) in [5.74, 6) is -1.05. The Morgan fingerprint density at radius 3 is 2.35 bits per heavy atom. The first-order chi connectivity index (χ1) is 8.10. The van der Waals surface area contributed by atoms with Crippen molar-refractivity contribution in [2.24, 2.45) is 0 Å². The standard InChI is InChI=1S/C12H15NO4/c1-3-13(4-2)12(16)17-10-8-6-5-7-9(10)11(14)15/h5-8H,3-4H2,1-2H3,(H,14,15). The van der Waals surface area contributed by atoms with Crippen molar-refractivity contribution < 1.29 is 19.4 Å². The zero-order valence-electron chi connectivity index (χ0n) is 9.84. The van der Waals surface area contributed by atoms with Gasteiger partial charge in [-0.25, -0.2) is 9.59 Å². The smallest absolute Gasteiger partial charge is 0.415 e. The Morgan fingerprint density at radius 2 is 1.82 bits per heavy atom. The first-order valence-corrected chi connectivity index (χ1v) is 5.39. The van der Waals surface area contributed by atoms with Crippen LogP contribution in [-0.4, -0.2) is 35.2 Å². The van der Waals surface area contributed by atoms with E-state index in [2.05, 4.69) is 0 Å². The molecule has 1 aromatic carbocycles. The van der Waals surface area contributed by atoms with Gasteiger partial charge in [0.2, 0.25) is 0 Å². The fraction of sp³-hybridized carbons (Fsp3) is 0.333. The van der Waals surface area contributed by atoms with E-state index in [1.807, 2.05) is 13.8 Å². The molecule has 1 amide bonds. The lowest BCUT2D eigenvalue weighted by Crippen LogP contribution is -2.33. The van der Waals surface area contributed by atoms with Gasteiger partial charge < -0.3 is 14.7 Å². The number of carbonyl (C=O) groups excluding carboxylic acids is 1. The van der Waals surface area contributed by atoms with Crippen LogP contribution in [0.3, 0.4) is 0 Å². The molecule has 92 valence electrons. The van der Waals surface area contributed by atoms with Crippen molar-refractivity contribution in [2.75, 3.05) is 13.1 Å². The van der Waals surface area contributed by atoms with Gasteiger partial charge in [-0.3, -0.25) is 0 Å². The number of nitrogens with zero attached hydrogens (tertiary/aromatic N) is 1. The third-order valence-electron chi connectivity index (χ3n) is 2.34. The Balaban J connectivity index is 2.88. The van der Waals surface area contributed by atoms with Crippen molar-refractivity contribution >= 4 is 12.1 Å². The van der Waals surface area contributed by atoms with Crippen LogP contribution in [0.25, 0.3) is 0 Å². The molecular formula is C12H15NO4. The SMILES string of the molecule is CCN(CC)C(=O)Oc1ccccc1C(=O)O. The molecule has 0 saturated heterocycles. The summed E-state index contributed by atoms with van der Waals surface area (Å²) < 4.78 is 5.06. The Labute approximate surface area is 99.6 Å². The van der Waals surface area contributed by atoms with Crippen molar-refractivity contribution in [3.8, 4) is 5.75 Å². The number of hydrogen-bond donors (Lipinski definition) is 1. The molecule has 0 spiro atoms. The van der Waals surface area contributed by atoms with E-state index in [1.165, 1.54) is 17.0 Å². The molecule has 0 aromatic heterocycles. The zero-order valence-corrected chi connectivity index (χ0v) is 9.84. The largest absolute Gasteiger partial charge is 0.478 e. The van der Waals surface area contributed by atoms with Crippen LogP contribution in [0.4, 0.5) is 4.79 Å². The van der Waals surface area contributed by atoms with E-state index < -0.39 is 12.1 Å². The van der Waals surface area contributed by atoms with Crippen LogP contribution in [0, 0.1) is 0 Å². The summed E-state index contributed by atoms with van der Waals surface area (Å²) in [5.41, 5.74) is -0.0204. The van der Waals surface area contributed by atoms with Crippen molar-refractivity contribution in [2.45, 2.75) is 13.8 Å². The Bertz CT molecular complexity index is 413. The van der Waals surface area contributed by atoms with Crippen LogP contribution in [0.5, 0.6) is 5.75 Å². The summed E-state index contributed by atoms with van der Waals surface area (Å²) in [4.78, 5) is 24.0. The summed E-state index contributed by atoms with van der Waals surface area (Å²) in [6.07, 6.45) is -0.538. The van der Waals surface area contributed by atoms with Crippen LogP contribution in [0.2, 0.25) is 0 Å². The average Bonchev–Trinajstić information content (AvgIpc) is 2.31. The summed E-state index contributed by atoms with van der Waals surface area (Å²) >= 11 is 0. The number of carboxylic acid groups (broad SMARTS) is 1. The van der Waals surface area contributed by atoms with Crippen LogP contribution in [0.1, 0.15) is 24.2 Å². The van der Waals surface area contributed by atoms with E-state index in [1.54, 1.807) is 12.1 Å². The quantitative estimate of drug-likeness (QED) is 0.871. The van der Waals surface area contributed by atoms with Gasteiger partial charge in [0, 0.05) is 13.1 Å². The Kier molecular flexibility index (Phi) is 4.51. The zero-order chi connectivity index (χ0) is 12.8. The second-order valence-corrected chi connectivity index (χ2v) is 3.34. The van der Waals surface area contributed by atoms with Crippen LogP contribution < -0.4 is 4.74 Å². The lowest BCUT2D eigenvalue weighted by Gasteiger charge is -2.18. The number of amides is 1. The highest BCUT2D eigenvalue weighted by molar-refractivity contribution is 5.91. The molecule has 0 aliphatic heterocycles. The highest BCUT2D eigenvalue weighted by Gasteiger charge is 2.16. The highest BCUT2D eigenvalue weighted by atomic mass is 16.6. The molecule has 0 unspecified atom stereocenters. The molecule has 5 heteroatoms. The fourth-order valence-corrected chi connectivity index (χ4v) is 1.37. The summed E-state index contributed by atoms with van der Waals surface area (Å²) in [7, 11) is 0. The molecule has 0 fully saturated rings. The van der Waals surface area contributed by atoms with Gasteiger partial charge in [-0.1, -0.05) is 12.1 Å². The maximum atomic E-state index is 11.7. The molecule has 1 aromatic rings. The molecule has 1 N–H and O–H groups in total. The number of carboxylic acids is 1. The average molecular weight is 237 g/mol. The van der Waals surface area contributed by atoms with Crippen LogP contribution >= 0.6 is 0 Å². The van der Waals surface area contributed by atoms with Crippen molar-refractivity contribution in [3.63, 3.8) is 0 Å². The van der Waals surface area contributed by atoms with Gasteiger partial charge in [-0.05, 0) is 26.0 Å². The molecule has 0 atom stereocenters. The maximum absolute atomic E-state index is 11.7. The highest BCUT2D eigenvalue weighted by Crippen LogP contribution is 2.18. The third kappa shape index (κ3) is 3.21. The minimum absolute atomic E-state index is 0.0204. The fourth-order valence-electron chi connectivity index (χ4n) is 1.37. The van der Waals surface area contributed by atoms with E-state index in [9.17, 15) is 9.59 Å². The minimum Gasteiger partial charge on any atom is -0.478 e. The van der Waals surface area contributed by atoms with Crippen LogP contribution in [0.15, 0.2) is 24.3 Å². The molecule has 5 nitrogen and oxygen atoms in total. The summed E-state index contributed by atoms with van der Waals surface area (Å²) in [6.45, 7) is 4.69. The molecule has 0 heterocycles. The number of hydrogen-bond acceptors (Lipinski definition) is 3. The molecule has 1 rings (SSSR count). The second-order valence-electron chi connectivity index (χ2n) is 3.34. The molecule has 17 heavy (non-hydrogen) atoms. The summed E-state index contributed by atoms with van der Waals surface area (Å²) in [6, 6.07) is 6.06. The number of benzene rings is 1. The van der Waals surface area contributed by atoms with Crippen molar-refractivity contribution in [1.82, 2.24) is 4.90 Å². The van der Waals surface area contributed by atoms with Gasteiger partial charge in [-0.15, -0.1) is 0 Å². The number of ether oxygens (including phenoxy) is 1. The first kappa shape index (κ1) is 13.0. The van der Waals surface area contributed by atoms with Crippen molar-refractivity contribution in [3.05, 3.63) is 29.8 Å². The lowest BCUT2D eigenvalue weighted by molar-refractivity contribution is 0.0693. The first-order valence-electron chi connectivity index (χ1n) is 5.39. The van der Waals surface area contributed by atoms with Gasteiger partial charge in [0.1, 0.15) is 11.3 Å². The predicted molar refractivity (Wildman–Crippen MR) is 62.3 cm³/mol. The van der Waals surface area contributed by atoms with Crippen LogP contribution in [-0.2, 0) is 0 Å². The molecule has 0 aliphatic carbocycles. The third-order valence-corrected chi connectivity index (χ3v) is 2.34. The van der Waals surface area contributed by atoms with Gasteiger partial charge >= 0.3 is 12.1 Å². The molecule has 0 aliphatic rings. The van der Waals surface area contributed by atoms with E-state index in [0.29, 0.717) is 13.1 Å². The van der Waals surface area contributed by atoms with Crippen molar-refractivity contribution in [1.29, 1.82) is 0 Å². The summed E-state index contributed by atoms with van der Waals surface area (Å²) in [5, 5.41) is 8.93.